The quantitative estimate of drug-likeness (QED) is 0.817. The summed E-state index contributed by atoms with van der Waals surface area (Å²) in [6, 6.07) is 5.17. The van der Waals surface area contributed by atoms with Crippen molar-refractivity contribution in [2.75, 3.05) is 16.6 Å². The van der Waals surface area contributed by atoms with Gasteiger partial charge in [-0.05, 0) is 50.5 Å². The van der Waals surface area contributed by atoms with Crippen molar-refractivity contribution >= 4 is 21.6 Å². The number of anilines is 1. The van der Waals surface area contributed by atoms with Crippen molar-refractivity contribution in [2.45, 2.75) is 46.1 Å². The summed E-state index contributed by atoms with van der Waals surface area (Å²) in [6.45, 7) is 6.29. The van der Waals surface area contributed by atoms with Gasteiger partial charge in [-0.3, -0.25) is 9.10 Å². The molecule has 122 valence electrons. The molecule has 1 heterocycles. The fourth-order valence-electron chi connectivity index (χ4n) is 2.79. The van der Waals surface area contributed by atoms with E-state index in [1.807, 2.05) is 13.0 Å². The van der Waals surface area contributed by atoms with Crippen molar-refractivity contribution in [1.82, 2.24) is 5.32 Å². The highest BCUT2D eigenvalue weighted by Gasteiger charge is 2.34. The second-order valence-corrected chi connectivity index (χ2v) is 7.84. The number of nitrogens with one attached hydrogen (secondary N) is 1. The molecule has 1 amide bonds. The Morgan fingerprint density at radius 3 is 2.73 bits per heavy atom. The van der Waals surface area contributed by atoms with E-state index in [-0.39, 0.29) is 17.7 Å². The van der Waals surface area contributed by atoms with Crippen LogP contribution in [0.2, 0.25) is 0 Å². The lowest BCUT2D eigenvalue weighted by Gasteiger charge is -2.23. The van der Waals surface area contributed by atoms with Crippen LogP contribution in [0.25, 0.3) is 0 Å². The molecule has 0 saturated heterocycles. The smallest absolute Gasteiger partial charge is 0.251 e. The molecule has 0 bridgehead atoms. The maximum absolute atomic E-state index is 12.2. The lowest BCUT2D eigenvalue weighted by Crippen LogP contribution is -2.36. The highest BCUT2D eigenvalue weighted by molar-refractivity contribution is 7.92. The van der Waals surface area contributed by atoms with Crippen LogP contribution in [0.15, 0.2) is 18.2 Å². The zero-order chi connectivity index (χ0) is 16.3. The van der Waals surface area contributed by atoms with Gasteiger partial charge in [0.25, 0.3) is 5.91 Å². The molecule has 6 heteroatoms. The topological polar surface area (TPSA) is 66.5 Å². The van der Waals surface area contributed by atoms with Gasteiger partial charge in [-0.25, -0.2) is 8.42 Å². The SMILES string of the molecule is CCCCNC(=O)c1ccc2c(c1)C[C@@H](C)N2S(=O)(=O)CC. The Bertz CT molecular complexity index is 655. The Morgan fingerprint density at radius 1 is 1.36 bits per heavy atom. The molecule has 0 aliphatic carbocycles. The molecular formula is C16H24N2O3S. The van der Waals surface area contributed by atoms with Gasteiger partial charge >= 0.3 is 0 Å². The van der Waals surface area contributed by atoms with E-state index in [9.17, 15) is 13.2 Å². The number of fused-ring (bicyclic) bond motifs is 1. The van der Waals surface area contributed by atoms with Gasteiger partial charge in [-0.15, -0.1) is 0 Å². The first kappa shape index (κ1) is 16.8. The van der Waals surface area contributed by atoms with Crippen molar-refractivity contribution in [3.8, 4) is 0 Å². The Kier molecular flexibility index (Phi) is 5.11. The number of hydrogen-bond acceptors (Lipinski definition) is 3. The Hall–Kier alpha value is -1.56. The van der Waals surface area contributed by atoms with Crippen LogP contribution in [0, 0.1) is 0 Å². The van der Waals surface area contributed by atoms with Gasteiger partial charge in [0.1, 0.15) is 0 Å². The first-order chi connectivity index (χ1) is 10.4. The minimum absolute atomic E-state index is 0.0794. The molecule has 0 radical (unpaired) electrons. The Morgan fingerprint density at radius 2 is 2.09 bits per heavy atom. The second kappa shape index (κ2) is 6.69. The summed E-state index contributed by atoms with van der Waals surface area (Å²) in [7, 11) is -3.28. The van der Waals surface area contributed by atoms with Gasteiger partial charge in [0.2, 0.25) is 10.0 Å². The number of carbonyl (C=O) groups is 1. The average molecular weight is 324 g/mol. The monoisotopic (exact) mass is 324 g/mol. The summed E-state index contributed by atoms with van der Waals surface area (Å²) in [5, 5.41) is 2.88. The van der Waals surface area contributed by atoms with Gasteiger partial charge in [0.15, 0.2) is 0 Å². The summed E-state index contributed by atoms with van der Waals surface area (Å²) in [5.41, 5.74) is 2.23. The molecule has 0 fully saturated rings. The fraction of sp³-hybridized carbons (Fsp3) is 0.562. The molecular weight excluding hydrogens is 300 g/mol. The summed E-state index contributed by atoms with van der Waals surface area (Å²) in [6.07, 6.45) is 2.63. The standard InChI is InChI=1S/C16H24N2O3S/c1-4-6-9-17-16(19)13-7-8-15-14(11-13)10-12(3)18(15)22(20,21)5-2/h7-8,11-12H,4-6,9-10H2,1-3H3,(H,17,19)/t12-/m1/s1. The van der Waals surface area contributed by atoms with E-state index in [0.717, 1.165) is 18.4 Å². The van der Waals surface area contributed by atoms with Gasteiger partial charge in [-0.1, -0.05) is 13.3 Å². The van der Waals surface area contributed by atoms with Crippen molar-refractivity contribution in [1.29, 1.82) is 0 Å². The maximum atomic E-state index is 12.2. The average Bonchev–Trinajstić information content (AvgIpc) is 2.82. The van der Waals surface area contributed by atoms with Crippen LogP contribution in [0.4, 0.5) is 5.69 Å². The predicted molar refractivity (Wildman–Crippen MR) is 88.8 cm³/mol. The third-order valence-corrected chi connectivity index (χ3v) is 5.86. The largest absolute Gasteiger partial charge is 0.352 e. The number of benzene rings is 1. The Balaban J connectivity index is 2.24. The minimum Gasteiger partial charge on any atom is -0.352 e. The van der Waals surface area contributed by atoms with Crippen LogP contribution >= 0.6 is 0 Å². The van der Waals surface area contributed by atoms with E-state index < -0.39 is 10.0 Å². The van der Waals surface area contributed by atoms with Crippen molar-refractivity contribution in [3.63, 3.8) is 0 Å². The molecule has 0 unspecified atom stereocenters. The third-order valence-electron chi connectivity index (χ3n) is 3.98. The molecule has 1 aliphatic heterocycles. The minimum atomic E-state index is -3.28. The molecule has 0 spiro atoms. The maximum Gasteiger partial charge on any atom is 0.251 e. The van der Waals surface area contributed by atoms with Crippen LogP contribution in [0.5, 0.6) is 0 Å². The number of nitrogens with zero attached hydrogens (tertiary/aromatic N) is 1. The number of sulfonamides is 1. The highest BCUT2D eigenvalue weighted by Crippen LogP contribution is 2.35. The molecule has 0 saturated carbocycles. The van der Waals surface area contributed by atoms with E-state index >= 15 is 0 Å². The fourth-order valence-corrected chi connectivity index (χ4v) is 4.17. The predicted octanol–water partition coefficient (Wildman–Crippen LogP) is 2.32. The summed E-state index contributed by atoms with van der Waals surface area (Å²) < 4.78 is 25.9. The van der Waals surface area contributed by atoms with E-state index in [1.54, 1.807) is 19.1 Å². The van der Waals surface area contributed by atoms with Gasteiger partial charge < -0.3 is 5.32 Å². The molecule has 2 rings (SSSR count). The van der Waals surface area contributed by atoms with Crippen LogP contribution in [-0.2, 0) is 16.4 Å². The zero-order valence-electron chi connectivity index (χ0n) is 13.4. The van der Waals surface area contributed by atoms with Crippen molar-refractivity contribution < 1.29 is 13.2 Å². The van der Waals surface area contributed by atoms with Gasteiger partial charge in [0.05, 0.1) is 11.4 Å². The number of amides is 1. The first-order valence-corrected chi connectivity index (χ1v) is 9.44. The van der Waals surface area contributed by atoms with Crippen LogP contribution < -0.4 is 9.62 Å². The molecule has 5 nitrogen and oxygen atoms in total. The lowest BCUT2D eigenvalue weighted by atomic mass is 10.1. The first-order valence-electron chi connectivity index (χ1n) is 7.84. The van der Waals surface area contributed by atoms with Gasteiger partial charge in [0, 0.05) is 18.2 Å². The third kappa shape index (κ3) is 3.27. The molecule has 22 heavy (non-hydrogen) atoms. The van der Waals surface area contributed by atoms with Gasteiger partial charge in [-0.2, -0.15) is 0 Å². The summed E-state index contributed by atoms with van der Waals surface area (Å²) in [4.78, 5) is 12.1. The number of unbranched alkanes of at least 4 members (excludes halogenated alkanes) is 1. The van der Waals surface area contributed by atoms with Crippen molar-refractivity contribution in [2.24, 2.45) is 0 Å². The highest BCUT2D eigenvalue weighted by atomic mass is 32.2. The van der Waals surface area contributed by atoms with E-state index in [0.29, 0.717) is 24.2 Å². The number of rotatable bonds is 6. The summed E-state index contributed by atoms with van der Waals surface area (Å²) >= 11 is 0. The van der Waals surface area contributed by atoms with Crippen LogP contribution in [0.3, 0.4) is 0 Å². The molecule has 1 aliphatic rings. The zero-order valence-corrected chi connectivity index (χ0v) is 14.2. The molecule has 1 aromatic rings. The van der Waals surface area contributed by atoms with E-state index in [4.69, 9.17) is 0 Å². The second-order valence-electron chi connectivity index (χ2n) is 5.70. The molecule has 1 N–H and O–H groups in total. The van der Waals surface area contributed by atoms with E-state index in [2.05, 4.69) is 12.2 Å². The lowest BCUT2D eigenvalue weighted by molar-refractivity contribution is 0.0953. The Labute approximate surface area is 132 Å². The van der Waals surface area contributed by atoms with Crippen LogP contribution in [0.1, 0.15) is 49.5 Å². The molecule has 1 aromatic carbocycles. The number of hydrogen-bond donors (Lipinski definition) is 1. The molecule has 1 atom stereocenters. The molecule has 0 aromatic heterocycles. The summed E-state index contributed by atoms with van der Waals surface area (Å²) in [5.74, 6) is -0.0172. The van der Waals surface area contributed by atoms with Crippen LogP contribution in [-0.4, -0.2) is 32.7 Å². The normalized spacial score (nSPS) is 17.4. The number of carbonyl (C=O) groups excluding carboxylic acids is 1. The van der Waals surface area contributed by atoms with E-state index in [1.165, 1.54) is 4.31 Å². The van der Waals surface area contributed by atoms with Crippen molar-refractivity contribution in [3.05, 3.63) is 29.3 Å².